The molecule has 1 aromatic rings. The zero-order valence-corrected chi connectivity index (χ0v) is 7.95. The van der Waals surface area contributed by atoms with Crippen molar-refractivity contribution >= 4 is 6.21 Å². The lowest BCUT2D eigenvalue weighted by Gasteiger charge is -2.23. The van der Waals surface area contributed by atoms with Crippen molar-refractivity contribution < 1.29 is 4.84 Å². The Labute approximate surface area is 78.2 Å². The fourth-order valence-corrected chi connectivity index (χ4v) is 1.73. The van der Waals surface area contributed by atoms with Crippen LogP contribution in [0.4, 0.5) is 0 Å². The maximum atomic E-state index is 5.38. The van der Waals surface area contributed by atoms with E-state index < -0.39 is 0 Å². The summed E-state index contributed by atoms with van der Waals surface area (Å²) in [4.78, 5) is 5.38. The average Bonchev–Trinajstić information content (AvgIpc) is 2.54. The molecule has 1 unspecified atom stereocenters. The third-order valence-corrected chi connectivity index (χ3v) is 2.52. The van der Waals surface area contributed by atoms with E-state index in [0.717, 1.165) is 6.42 Å². The Bertz CT molecular complexity index is 336. The van der Waals surface area contributed by atoms with Crippen molar-refractivity contribution in [1.29, 1.82) is 0 Å². The first kappa shape index (κ1) is 8.30. The Hall–Kier alpha value is -1.31. The molecule has 0 aromatic heterocycles. The number of aryl methyl sites for hydroxylation is 1. The van der Waals surface area contributed by atoms with Gasteiger partial charge in [-0.1, -0.05) is 29.4 Å². The fraction of sp³-hybridized carbons (Fsp3) is 0.364. The van der Waals surface area contributed by atoms with E-state index in [9.17, 15) is 0 Å². The molecule has 1 atom stereocenters. The molecule has 2 rings (SSSR count). The summed E-state index contributed by atoms with van der Waals surface area (Å²) in [6.07, 6.45) is 2.68. The molecule has 2 nitrogen and oxygen atoms in total. The van der Waals surface area contributed by atoms with Crippen LogP contribution >= 0.6 is 0 Å². The van der Waals surface area contributed by atoms with Crippen LogP contribution in [0.5, 0.6) is 0 Å². The van der Waals surface area contributed by atoms with Crippen LogP contribution in [0.2, 0.25) is 0 Å². The van der Waals surface area contributed by atoms with Crippen molar-refractivity contribution in [3.05, 3.63) is 35.4 Å². The van der Waals surface area contributed by atoms with Gasteiger partial charge in [0.15, 0.2) is 5.60 Å². The van der Waals surface area contributed by atoms with E-state index in [4.69, 9.17) is 4.84 Å². The van der Waals surface area contributed by atoms with Crippen molar-refractivity contribution in [3.8, 4) is 0 Å². The summed E-state index contributed by atoms with van der Waals surface area (Å²) in [6, 6.07) is 8.28. The minimum Gasteiger partial charge on any atom is -0.385 e. The smallest absolute Gasteiger partial charge is 0.165 e. The predicted molar refractivity (Wildman–Crippen MR) is 52.7 cm³/mol. The van der Waals surface area contributed by atoms with Gasteiger partial charge in [0.25, 0.3) is 0 Å². The molecule has 2 heteroatoms. The molecule has 1 aromatic carbocycles. The molecule has 13 heavy (non-hydrogen) atoms. The van der Waals surface area contributed by atoms with E-state index in [0.29, 0.717) is 0 Å². The maximum absolute atomic E-state index is 5.38. The van der Waals surface area contributed by atoms with E-state index in [1.807, 2.05) is 18.3 Å². The second-order valence-electron chi connectivity index (χ2n) is 3.63. The molecule has 0 amide bonds. The zero-order chi connectivity index (χ0) is 9.31. The average molecular weight is 175 g/mol. The highest BCUT2D eigenvalue weighted by Gasteiger charge is 2.32. The molecule has 0 aliphatic carbocycles. The van der Waals surface area contributed by atoms with E-state index in [1.165, 1.54) is 11.1 Å². The van der Waals surface area contributed by atoms with Gasteiger partial charge in [-0.05, 0) is 19.4 Å². The topological polar surface area (TPSA) is 21.6 Å². The van der Waals surface area contributed by atoms with Gasteiger partial charge in [-0.25, -0.2) is 0 Å². The highest BCUT2D eigenvalue weighted by atomic mass is 16.7. The Morgan fingerprint density at radius 3 is 2.77 bits per heavy atom. The van der Waals surface area contributed by atoms with Crippen molar-refractivity contribution in [3.63, 3.8) is 0 Å². The summed E-state index contributed by atoms with van der Waals surface area (Å²) in [5.41, 5.74) is 2.24. The minimum atomic E-state index is -0.245. The first-order valence-corrected chi connectivity index (χ1v) is 4.48. The fourth-order valence-electron chi connectivity index (χ4n) is 1.73. The first-order chi connectivity index (χ1) is 6.22. The molecule has 0 spiro atoms. The number of rotatable bonds is 1. The van der Waals surface area contributed by atoms with E-state index in [2.05, 4.69) is 31.1 Å². The first-order valence-electron chi connectivity index (χ1n) is 4.48. The lowest BCUT2D eigenvalue weighted by atomic mass is 9.90. The second kappa shape index (κ2) is 2.87. The normalized spacial score (nSPS) is 26.0. The lowest BCUT2D eigenvalue weighted by molar-refractivity contribution is -0.00784. The maximum Gasteiger partial charge on any atom is 0.165 e. The number of nitrogens with zero attached hydrogens (tertiary/aromatic N) is 1. The molecule has 0 saturated heterocycles. The van der Waals surface area contributed by atoms with E-state index in [1.54, 1.807) is 0 Å². The van der Waals surface area contributed by atoms with Gasteiger partial charge in [-0.3, -0.25) is 0 Å². The number of benzene rings is 1. The Morgan fingerprint density at radius 2 is 2.15 bits per heavy atom. The SMILES string of the molecule is Cc1ccccc1C1(C)CC=NO1. The van der Waals surface area contributed by atoms with Crippen molar-refractivity contribution in [2.45, 2.75) is 25.9 Å². The summed E-state index contributed by atoms with van der Waals surface area (Å²) >= 11 is 0. The zero-order valence-electron chi connectivity index (χ0n) is 7.95. The van der Waals surface area contributed by atoms with Crippen molar-refractivity contribution in [1.82, 2.24) is 0 Å². The van der Waals surface area contributed by atoms with Crippen LogP contribution in [0.1, 0.15) is 24.5 Å². The molecule has 1 aliphatic heterocycles. The number of oxime groups is 1. The summed E-state index contributed by atoms with van der Waals surface area (Å²) in [6.45, 7) is 4.17. The molecular formula is C11H13NO. The Kier molecular flexibility index (Phi) is 1.83. The molecule has 0 bridgehead atoms. The van der Waals surface area contributed by atoms with Gasteiger partial charge in [0.2, 0.25) is 0 Å². The molecule has 0 N–H and O–H groups in total. The number of hydrogen-bond acceptors (Lipinski definition) is 2. The van der Waals surface area contributed by atoms with Crippen LogP contribution in [0.3, 0.4) is 0 Å². The standard InChI is InChI=1S/C11H13NO/c1-9-5-3-4-6-10(9)11(2)7-8-12-13-11/h3-6,8H,7H2,1-2H3. The lowest BCUT2D eigenvalue weighted by Crippen LogP contribution is -2.21. The molecule has 1 aliphatic rings. The minimum absolute atomic E-state index is 0.245. The van der Waals surface area contributed by atoms with E-state index >= 15 is 0 Å². The molecule has 0 saturated carbocycles. The van der Waals surface area contributed by atoms with Gasteiger partial charge >= 0.3 is 0 Å². The monoisotopic (exact) mass is 175 g/mol. The van der Waals surface area contributed by atoms with Gasteiger partial charge in [0.05, 0.1) is 0 Å². The van der Waals surface area contributed by atoms with Gasteiger partial charge in [0, 0.05) is 18.2 Å². The van der Waals surface area contributed by atoms with Gasteiger partial charge in [-0.2, -0.15) is 0 Å². The number of hydrogen-bond donors (Lipinski definition) is 0. The van der Waals surface area contributed by atoms with Crippen LogP contribution in [0.25, 0.3) is 0 Å². The van der Waals surface area contributed by atoms with Gasteiger partial charge < -0.3 is 4.84 Å². The molecule has 0 radical (unpaired) electrons. The highest BCUT2D eigenvalue weighted by molar-refractivity contribution is 5.61. The Morgan fingerprint density at radius 1 is 1.38 bits per heavy atom. The summed E-state index contributed by atoms with van der Waals surface area (Å²) in [5, 5.41) is 3.83. The van der Waals surface area contributed by atoms with Crippen molar-refractivity contribution in [2.75, 3.05) is 0 Å². The quantitative estimate of drug-likeness (QED) is 0.643. The van der Waals surface area contributed by atoms with Crippen LogP contribution in [0.15, 0.2) is 29.4 Å². The third kappa shape index (κ3) is 1.32. The van der Waals surface area contributed by atoms with Crippen LogP contribution in [-0.2, 0) is 10.4 Å². The van der Waals surface area contributed by atoms with Gasteiger partial charge in [-0.15, -0.1) is 0 Å². The van der Waals surface area contributed by atoms with Crippen molar-refractivity contribution in [2.24, 2.45) is 5.16 Å². The van der Waals surface area contributed by atoms with Crippen LogP contribution < -0.4 is 0 Å². The van der Waals surface area contributed by atoms with Crippen LogP contribution in [0, 0.1) is 6.92 Å². The van der Waals surface area contributed by atoms with Crippen LogP contribution in [-0.4, -0.2) is 6.21 Å². The predicted octanol–water partition coefficient (Wildman–Crippen LogP) is 2.62. The molecular weight excluding hydrogens is 162 g/mol. The Balaban J connectivity index is 2.40. The van der Waals surface area contributed by atoms with Gasteiger partial charge in [0.1, 0.15) is 0 Å². The highest BCUT2D eigenvalue weighted by Crippen LogP contribution is 2.33. The molecule has 1 heterocycles. The molecule has 68 valence electrons. The molecule has 0 fully saturated rings. The van der Waals surface area contributed by atoms with E-state index in [-0.39, 0.29) is 5.60 Å². The summed E-state index contributed by atoms with van der Waals surface area (Å²) in [5.74, 6) is 0. The third-order valence-electron chi connectivity index (χ3n) is 2.52. The summed E-state index contributed by atoms with van der Waals surface area (Å²) in [7, 11) is 0. The second-order valence-corrected chi connectivity index (χ2v) is 3.63. The summed E-state index contributed by atoms with van der Waals surface area (Å²) < 4.78 is 0. The largest absolute Gasteiger partial charge is 0.385 e.